The van der Waals surface area contributed by atoms with E-state index in [0.29, 0.717) is 0 Å². The monoisotopic (exact) mass is 428 g/mol. The Bertz CT molecular complexity index is 896. The zero-order valence-electron chi connectivity index (χ0n) is 13.8. The summed E-state index contributed by atoms with van der Waals surface area (Å²) in [5.74, 6) is -1.23. The third-order valence-corrected chi connectivity index (χ3v) is 4.13. The first-order valence-electron chi connectivity index (χ1n) is 7.73. The smallest absolute Gasteiger partial charge is 0.445 e. The van der Waals surface area contributed by atoms with E-state index in [1.54, 1.807) is 0 Å². The maximum Gasteiger partial charge on any atom is 0.451 e. The zero-order valence-corrected chi connectivity index (χ0v) is 14.6. The molecule has 6 nitrogen and oxygen atoms in total. The maximum absolute atomic E-state index is 12.8. The Balaban J connectivity index is 1.66. The summed E-state index contributed by atoms with van der Waals surface area (Å²) in [7, 11) is 0. The molecule has 1 aliphatic heterocycles. The topological polar surface area (TPSA) is 60.2 Å². The fourth-order valence-electron chi connectivity index (χ4n) is 2.66. The number of hydrogen-bond acceptors (Lipinski definition) is 4. The number of nitrogens with zero attached hydrogens (tertiary/aromatic N) is 4. The third kappa shape index (κ3) is 4.32. The third-order valence-electron chi connectivity index (χ3n) is 3.91. The molecule has 1 aromatic heterocycles. The van der Waals surface area contributed by atoms with E-state index in [2.05, 4.69) is 10.2 Å². The molecule has 0 atom stereocenters. The Morgan fingerprint density at radius 1 is 1.07 bits per heavy atom. The SMILES string of the molecule is O=C(OCc1cc(Cl)cc(C(F)(F)F)c1)N1CCn2c(nnc2C(F)(F)F)C1. The van der Waals surface area contributed by atoms with Crippen molar-refractivity contribution in [2.75, 3.05) is 6.54 Å². The Morgan fingerprint density at radius 2 is 1.79 bits per heavy atom. The number of ether oxygens (including phenoxy) is 1. The van der Waals surface area contributed by atoms with E-state index in [9.17, 15) is 31.1 Å². The summed E-state index contributed by atoms with van der Waals surface area (Å²) in [6.45, 7) is -1.05. The lowest BCUT2D eigenvalue weighted by Gasteiger charge is -2.27. The lowest BCUT2D eigenvalue weighted by Crippen LogP contribution is -2.39. The molecule has 0 aliphatic carbocycles. The molecule has 0 unspecified atom stereocenters. The Labute approximate surface area is 158 Å². The highest BCUT2D eigenvalue weighted by molar-refractivity contribution is 6.30. The van der Waals surface area contributed by atoms with Crippen LogP contribution in [0.5, 0.6) is 0 Å². The predicted octanol–water partition coefficient (Wildman–Crippen LogP) is 4.12. The minimum Gasteiger partial charge on any atom is -0.445 e. The van der Waals surface area contributed by atoms with Crippen LogP contribution in [0, 0.1) is 0 Å². The number of carbonyl (C=O) groups excluding carboxylic acids is 1. The van der Waals surface area contributed by atoms with Gasteiger partial charge in [-0.3, -0.25) is 4.90 Å². The van der Waals surface area contributed by atoms with Gasteiger partial charge in [0.05, 0.1) is 12.1 Å². The van der Waals surface area contributed by atoms with Gasteiger partial charge in [-0.1, -0.05) is 11.6 Å². The lowest BCUT2D eigenvalue weighted by atomic mass is 10.1. The van der Waals surface area contributed by atoms with Crippen molar-refractivity contribution in [3.63, 3.8) is 0 Å². The molecule has 13 heteroatoms. The number of hydrogen-bond donors (Lipinski definition) is 0. The average Bonchev–Trinajstić information content (AvgIpc) is 3.01. The molecule has 1 amide bonds. The fraction of sp³-hybridized carbons (Fsp3) is 0.400. The summed E-state index contributed by atoms with van der Waals surface area (Å²) in [5, 5.41) is 6.34. The number of amides is 1. The summed E-state index contributed by atoms with van der Waals surface area (Å²) in [5.41, 5.74) is -0.968. The van der Waals surface area contributed by atoms with E-state index in [4.69, 9.17) is 16.3 Å². The van der Waals surface area contributed by atoms with Crippen LogP contribution in [0.1, 0.15) is 22.8 Å². The van der Waals surface area contributed by atoms with Crippen LogP contribution in [0.3, 0.4) is 0 Å². The normalized spacial score (nSPS) is 14.8. The molecule has 1 aromatic carbocycles. The molecule has 0 spiro atoms. The standard InChI is InChI=1S/C15H11ClF6N4O2/c16-10-4-8(3-9(5-10)14(17,18)19)7-28-13(27)25-1-2-26-11(6-25)23-24-12(26)15(20,21)22/h3-5H,1-2,6-7H2. The number of aromatic nitrogens is 3. The van der Waals surface area contributed by atoms with Crippen LogP contribution >= 0.6 is 11.6 Å². The molecule has 3 rings (SSSR count). The molecule has 0 fully saturated rings. The molecule has 2 heterocycles. The molecule has 0 saturated carbocycles. The second kappa shape index (κ2) is 7.15. The minimum atomic E-state index is -4.67. The zero-order chi connectivity index (χ0) is 20.7. The molecule has 28 heavy (non-hydrogen) atoms. The molecular weight excluding hydrogens is 418 g/mol. The number of alkyl halides is 6. The number of benzene rings is 1. The van der Waals surface area contributed by atoms with Gasteiger partial charge in [-0.05, 0) is 23.8 Å². The highest BCUT2D eigenvalue weighted by Crippen LogP contribution is 2.32. The molecule has 152 valence electrons. The van der Waals surface area contributed by atoms with Crippen LogP contribution in [-0.2, 0) is 36.8 Å². The van der Waals surface area contributed by atoms with Crippen molar-refractivity contribution in [2.24, 2.45) is 0 Å². The van der Waals surface area contributed by atoms with Gasteiger partial charge in [0.2, 0.25) is 5.82 Å². The van der Waals surface area contributed by atoms with E-state index in [-0.39, 0.29) is 36.0 Å². The van der Waals surface area contributed by atoms with Gasteiger partial charge in [0.15, 0.2) is 5.82 Å². The van der Waals surface area contributed by atoms with E-state index in [0.717, 1.165) is 21.6 Å². The quantitative estimate of drug-likeness (QED) is 0.675. The first kappa shape index (κ1) is 20.2. The van der Waals surface area contributed by atoms with E-state index in [1.807, 2.05) is 0 Å². The maximum atomic E-state index is 12.8. The first-order chi connectivity index (χ1) is 12.9. The summed E-state index contributed by atoms with van der Waals surface area (Å²) in [6.07, 6.45) is -10.2. The van der Waals surface area contributed by atoms with Crippen molar-refractivity contribution in [1.82, 2.24) is 19.7 Å². The molecule has 1 aliphatic rings. The number of fused-ring (bicyclic) bond motifs is 1. The molecule has 0 saturated heterocycles. The second-order valence-corrected chi connectivity index (χ2v) is 6.35. The average molecular weight is 429 g/mol. The van der Waals surface area contributed by atoms with Crippen LogP contribution < -0.4 is 0 Å². The minimum absolute atomic E-state index is 0.0210. The van der Waals surface area contributed by atoms with Gasteiger partial charge >= 0.3 is 18.4 Å². The largest absolute Gasteiger partial charge is 0.451 e. The highest BCUT2D eigenvalue weighted by atomic mass is 35.5. The van der Waals surface area contributed by atoms with Crippen LogP contribution in [0.4, 0.5) is 31.1 Å². The van der Waals surface area contributed by atoms with Crippen LogP contribution in [0.25, 0.3) is 0 Å². The van der Waals surface area contributed by atoms with Gasteiger partial charge < -0.3 is 9.30 Å². The van der Waals surface area contributed by atoms with Crippen molar-refractivity contribution < 1.29 is 35.9 Å². The second-order valence-electron chi connectivity index (χ2n) is 5.91. The molecule has 0 bridgehead atoms. The van der Waals surface area contributed by atoms with E-state index in [1.165, 1.54) is 6.07 Å². The van der Waals surface area contributed by atoms with Crippen LogP contribution in [0.2, 0.25) is 5.02 Å². The van der Waals surface area contributed by atoms with Crippen molar-refractivity contribution in [2.45, 2.75) is 32.0 Å². The van der Waals surface area contributed by atoms with Gasteiger partial charge in [0.25, 0.3) is 0 Å². The van der Waals surface area contributed by atoms with Gasteiger partial charge in [0.1, 0.15) is 6.61 Å². The van der Waals surface area contributed by atoms with Gasteiger partial charge in [-0.15, -0.1) is 10.2 Å². The van der Waals surface area contributed by atoms with Gasteiger partial charge in [0, 0.05) is 18.1 Å². The number of halogens is 7. The first-order valence-corrected chi connectivity index (χ1v) is 8.10. The summed E-state index contributed by atoms with van der Waals surface area (Å²) in [6, 6.07) is 2.75. The van der Waals surface area contributed by atoms with Crippen LogP contribution in [0.15, 0.2) is 18.2 Å². The summed E-state index contributed by atoms with van der Waals surface area (Å²) < 4.78 is 82.6. The summed E-state index contributed by atoms with van der Waals surface area (Å²) in [4.78, 5) is 13.2. The van der Waals surface area contributed by atoms with Crippen molar-refractivity contribution in [1.29, 1.82) is 0 Å². The van der Waals surface area contributed by atoms with Gasteiger partial charge in [-0.2, -0.15) is 26.3 Å². The van der Waals surface area contributed by atoms with Crippen molar-refractivity contribution in [3.8, 4) is 0 Å². The van der Waals surface area contributed by atoms with Crippen LogP contribution in [-0.4, -0.2) is 32.3 Å². The molecular formula is C15H11ClF6N4O2. The predicted molar refractivity (Wildman–Crippen MR) is 82.1 cm³/mol. The molecule has 0 radical (unpaired) electrons. The number of rotatable bonds is 2. The molecule has 2 aromatic rings. The van der Waals surface area contributed by atoms with E-state index >= 15 is 0 Å². The Kier molecular flexibility index (Phi) is 5.17. The van der Waals surface area contributed by atoms with E-state index < -0.39 is 36.4 Å². The lowest BCUT2D eigenvalue weighted by molar-refractivity contribution is -0.148. The summed E-state index contributed by atoms with van der Waals surface area (Å²) >= 11 is 5.65. The fourth-order valence-corrected chi connectivity index (χ4v) is 2.91. The molecule has 0 N–H and O–H groups in total. The van der Waals surface area contributed by atoms with Crippen molar-refractivity contribution in [3.05, 3.63) is 46.0 Å². The Morgan fingerprint density at radius 3 is 2.43 bits per heavy atom. The van der Waals surface area contributed by atoms with Crippen molar-refractivity contribution >= 4 is 17.7 Å². The Hall–Kier alpha value is -2.50. The highest BCUT2D eigenvalue weighted by Gasteiger charge is 2.40. The van der Waals surface area contributed by atoms with Gasteiger partial charge in [-0.25, -0.2) is 4.79 Å². The number of carbonyl (C=O) groups is 1.